The van der Waals surface area contributed by atoms with Gasteiger partial charge in [-0.2, -0.15) is 0 Å². The number of anilines is 1. The second-order valence-corrected chi connectivity index (χ2v) is 9.67. The summed E-state index contributed by atoms with van der Waals surface area (Å²) in [5.74, 6) is 0. The van der Waals surface area contributed by atoms with Crippen molar-refractivity contribution >= 4 is 21.6 Å². The summed E-state index contributed by atoms with van der Waals surface area (Å²) in [6.07, 6.45) is 1.14. The van der Waals surface area contributed by atoms with Gasteiger partial charge in [-0.15, -0.1) is 0 Å². The van der Waals surface area contributed by atoms with Crippen LogP contribution in [0.25, 0.3) is 11.1 Å². The molecule has 0 radical (unpaired) electrons. The van der Waals surface area contributed by atoms with Crippen molar-refractivity contribution in [2.75, 3.05) is 17.7 Å². The number of benzene rings is 3. The van der Waals surface area contributed by atoms with Crippen molar-refractivity contribution in [3.05, 3.63) is 84.4 Å². The van der Waals surface area contributed by atoms with Crippen LogP contribution in [0.4, 0.5) is 10.5 Å². The molecule has 30 heavy (non-hydrogen) atoms. The Kier molecular flexibility index (Phi) is 5.12. The number of rotatable bonds is 4. The Labute approximate surface area is 176 Å². The molecule has 3 aromatic carbocycles. The van der Waals surface area contributed by atoms with Gasteiger partial charge in [-0.3, -0.25) is 4.90 Å². The highest BCUT2D eigenvalue weighted by atomic mass is 32.2. The van der Waals surface area contributed by atoms with Crippen molar-refractivity contribution in [2.45, 2.75) is 23.8 Å². The fourth-order valence-electron chi connectivity index (χ4n) is 3.78. The number of sulfone groups is 1. The van der Waals surface area contributed by atoms with E-state index in [1.807, 2.05) is 67.6 Å². The summed E-state index contributed by atoms with van der Waals surface area (Å²) >= 11 is 0. The number of hydrogen-bond acceptors (Lipinski definition) is 4. The van der Waals surface area contributed by atoms with Crippen molar-refractivity contribution < 1.29 is 17.9 Å². The molecule has 1 heterocycles. The molecule has 0 spiro atoms. The van der Waals surface area contributed by atoms with E-state index in [1.54, 1.807) is 18.2 Å². The van der Waals surface area contributed by atoms with Crippen molar-refractivity contribution in [3.8, 4) is 11.1 Å². The molecule has 4 rings (SSSR count). The monoisotopic (exact) mass is 421 g/mol. The smallest absolute Gasteiger partial charge is 0.415 e. The Morgan fingerprint density at radius 1 is 0.900 bits per heavy atom. The normalized spacial score (nSPS) is 19.4. The van der Waals surface area contributed by atoms with Crippen molar-refractivity contribution in [3.63, 3.8) is 0 Å². The molecule has 0 N–H and O–H groups in total. The molecule has 0 saturated carbocycles. The van der Waals surface area contributed by atoms with Crippen LogP contribution < -0.4 is 4.90 Å². The summed E-state index contributed by atoms with van der Waals surface area (Å²) in [6.45, 7) is 2.24. The summed E-state index contributed by atoms with van der Waals surface area (Å²) in [5, 5.41) is 0. The number of cyclic esters (lactones) is 1. The number of carbonyl (C=O) groups is 1. The van der Waals surface area contributed by atoms with E-state index < -0.39 is 21.5 Å². The minimum absolute atomic E-state index is 0.113. The minimum Gasteiger partial charge on any atom is -0.438 e. The van der Waals surface area contributed by atoms with Crippen molar-refractivity contribution in [1.29, 1.82) is 0 Å². The standard InChI is InChI=1S/C24H23NO4S/c1-24(20-11-7-4-8-12-20)15-16-25(23(26)29-24)21-17-19(18-9-5-3-6-10-18)13-14-22(21)30(2,27)28/h3-14,17H,15-16H2,1-2H3. The lowest BCUT2D eigenvalue weighted by atomic mass is 9.91. The maximum Gasteiger partial charge on any atom is 0.415 e. The predicted molar refractivity (Wildman–Crippen MR) is 117 cm³/mol. The van der Waals surface area contributed by atoms with Crippen LogP contribution in [0.1, 0.15) is 18.9 Å². The van der Waals surface area contributed by atoms with Gasteiger partial charge in [0, 0.05) is 19.2 Å². The first-order chi connectivity index (χ1) is 14.3. The first-order valence-electron chi connectivity index (χ1n) is 9.73. The first-order valence-corrected chi connectivity index (χ1v) is 11.6. The van der Waals surface area contributed by atoms with Gasteiger partial charge >= 0.3 is 6.09 Å². The van der Waals surface area contributed by atoms with Crippen LogP contribution in [-0.2, 0) is 20.2 Å². The molecule has 3 aromatic rings. The van der Waals surface area contributed by atoms with Crippen molar-refractivity contribution in [2.24, 2.45) is 0 Å². The van der Waals surface area contributed by atoms with Crippen LogP contribution >= 0.6 is 0 Å². The van der Waals surface area contributed by atoms with E-state index in [0.29, 0.717) is 18.7 Å². The summed E-state index contributed by atoms with van der Waals surface area (Å²) in [4.78, 5) is 14.6. The lowest BCUT2D eigenvalue weighted by Gasteiger charge is -2.39. The van der Waals surface area contributed by atoms with Gasteiger partial charge in [-0.05, 0) is 35.7 Å². The molecule has 6 heteroatoms. The van der Waals surface area contributed by atoms with Gasteiger partial charge in [-0.1, -0.05) is 66.7 Å². The number of nitrogens with zero attached hydrogens (tertiary/aromatic N) is 1. The molecule has 1 amide bonds. The van der Waals surface area contributed by atoms with E-state index in [9.17, 15) is 13.2 Å². The second kappa shape index (κ2) is 7.61. The van der Waals surface area contributed by atoms with E-state index >= 15 is 0 Å². The van der Waals surface area contributed by atoms with Crippen LogP contribution in [0.15, 0.2) is 83.8 Å². The zero-order valence-electron chi connectivity index (χ0n) is 16.9. The molecule has 1 atom stereocenters. The first kappa shape index (κ1) is 20.2. The maximum atomic E-state index is 13.0. The molecule has 1 unspecified atom stereocenters. The Morgan fingerprint density at radius 3 is 2.13 bits per heavy atom. The molecule has 5 nitrogen and oxygen atoms in total. The van der Waals surface area contributed by atoms with Crippen LogP contribution in [0.3, 0.4) is 0 Å². The largest absolute Gasteiger partial charge is 0.438 e. The van der Waals surface area contributed by atoms with E-state index in [2.05, 4.69) is 0 Å². The maximum absolute atomic E-state index is 13.0. The summed E-state index contributed by atoms with van der Waals surface area (Å²) in [6, 6.07) is 24.3. The fraction of sp³-hybridized carbons (Fsp3) is 0.208. The van der Waals surface area contributed by atoms with Crippen LogP contribution in [0.2, 0.25) is 0 Å². The average molecular weight is 422 g/mol. The van der Waals surface area contributed by atoms with Gasteiger partial charge in [0.1, 0.15) is 5.60 Å². The molecule has 1 saturated heterocycles. The minimum atomic E-state index is -3.54. The van der Waals surface area contributed by atoms with Gasteiger partial charge < -0.3 is 4.74 Å². The number of ether oxygens (including phenoxy) is 1. The Balaban J connectivity index is 1.73. The van der Waals surface area contributed by atoms with Gasteiger partial charge in [0.05, 0.1) is 10.6 Å². The molecule has 0 aliphatic carbocycles. The predicted octanol–water partition coefficient (Wildman–Crippen LogP) is 5.02. The quantitative estimate of drug-likeness (QED) is 0.593. The van der Waals surface area contributed by atoms with Crippen LogP contribution in [-0.4, -0.2) is 27.3 Å². The van der Waals surface area contributed by atoms with E-state index in [-0.39, 0.29) is 4.90 Å². The molecule has 1 aliphatic rings. The molecule has 0 bridgehead atoms. The molecule has 0 aromatic heterocycles. The summed E-state index contributed by atoms with van der Waals surface area (Å²) in [5.41, 5.74) is 2.29. The molecular formula is C24H23NO4S. The zero-order chi connectivity index (χ0) is 21.4. The third-order valence-corrected chi connectivity index (χ3v) is 6.63. The highest BCUT2D eigenvalue weighted by Gasteiger charge is 2.39. The third kappa shape index (κ3) is 3.83. The van der Waals surface area contributed by atoms with Crippen LogP contribution in [0, 0.1) is 0 Å². The molecular weight excluding hydrogens is 398 g/mol. The van der Waals surface area contributed by atoms with Crippen molar-refractivity contribution in [1.82, 2.24) is 0 Å². The topological polar surface area (TPSA) is 63.7 Å². The zero-order valence-corrected chi connectivity index (χ0v) is 17.7. The van der Waals surface area contributed by atoms with E-state index in [0.717, 1.165) is 22.9 Å². The van der Waals surface area contributed by atoms with Gasteiger partial charge in [0.25, 0.3) is 0 Å². The van der Waals surface area contributed by atoms with E-state index in [1.165, 1.54) is 4.90 Å². The average Bonchev–Trinajstić information content (AvgIpc) is 2.74. The molecule has 1 aliphatic heterocycles. The van der Waals surface area contributed by atoms with E-state index in [4.69, 9.17) is 4.74 Å². The SMILES string of the molecule is CC1(c2ccccc2)CCN(c2cc(-c3ccccc3)ccc2S(C)(=O)=O)C(=O)O1. The second-order valence-electron chi connectivity index (χ2n) is 7.69. The fourth-order valence-corrected chi connectivity index (χ4v) is 4.64. The lowest BCUT2D eigenvalue weighted by molar-refractivity contribution is 0.00572. The number of carbonyl (C=O) groups excluding carboxylic acids is 1. The number of amides is 1. The molecule has 154 valence electrons. The Bertz CT molecular complexity index is 1180. The third-order valence-electron chi connectivity index (χ3n) is 5.49. The lowest BCUT2D eigenvalue weighted by Crippen LogP contribution is -2.47. The highest BCUT2D eigenvalue weighted by molar-refractivity contribution is 7.90. The number of hydrogen-bond donors (Lipinski definition) is 0. The van der Waals surface area contributed by atoms with Gasteiger partial charge in [0.15, 0.2) is 9.84 Å². The molecule has 1 fully saturated rings. The van der Waals surface area contributed by atoms with Gasteiger partial charge in [-0.25, -0.2) is 13.2 Å². The summed E-state index contributed by atoms with van der Waals surface area (Å²) < 4.78 is 30.7. The Morgan fingerprint density at radius 2 is 1.53 bits per heavy atom. The van der Waals surface area contributed by atoms with Gasteiger partial charge in [0.2, 0.25) is 0 Å². The Hall–Kier alpha value is -3.12. The summed E-state index contributed by atoms with van der Waals surface area (Å²) in [7, 11) is -3.54. The van der Waals surface area contributed by atoms with Crippen LogP contribution in [0.5, 0.6) is 0 Å². The highest BCUT2D eigenvalue weighted by Crippen LogP contribution is 2.38.